The van der Waals surface area contributed by atoms with Gasteiger partial charge in [0.15, 0.2) is 0 Å². The molecule has 0 bridgehead atoms. The van der Waals surface area contributed by atoms with E-state index in [0.717, 1.165) is 29.0 Å². The smallest absolute Gasteiger partial charge is 0.318 e. The maximum Gasteiger partial charge on any atom is 0.417 e. The summed E-state index contributed by atoms with van der Waals surface area (Å²) < 4.78 is 38.2. The number of urea groups is 1. The van der Waals surface area contributed by atoms with Crippen LogP contribution in [0.1, 0.15) is 11.1 Å². The first-order valence-corrected chi connectivity index (χ1v) is 9.16. The number of pyridine rings is 1. The van der Waals surface area contributed by atoms with Crippen LogP contribution in [0.15, 0.2) is 72.9 Å². The van der Waals surface area contributed by atoms with Crippen LogP contribution in [0.25, 0.3) is 11.1 Å². The molecule has 3 aromatic rings. The summed E-state index contributed by atoms with van der Waals surface area (Å²) in [5.41, 5.74) is 2.29. The van der Waals surface area contributed by atoms with Crippen LogP contribution in [0, 0.1) is 0 Å². The minimum absolute atomic E-state index is 0.224. The summed E-state index contributed by atoms with van der Waals surface area (Å²) in [6.07, 6.45) is -3.69. The van der Waals surface area contributed by atoms with Crippen molar-refractivity contribution in [2.75, 3.05) is 18.0 Å². The Kier molecular flexibility index (Phi) is 4.96. The summed E-state index contributed by atoms with van der Waals surface area (Å²) in [4.78, 5) is 19.8. The fourth-order valence-corrected chi connectivity index (χ4v) is 3.42. The first-order chi connectivity index (χ1) is 13.9. The zero-order valence-corrected chi connectivity index (χ0v) is 15.4. The van der Waals surface area contributed by atoms with E-state index in [0.29, 0.717) is 19.6 Å². The third-order valence-electron chi connectivity index (χ3n) is 4.91. The second kappa shape index (κ2) is 7.58. The van der Waals surface area contributed by atoms with E-state index >= 15 is 0 Å². The van der Waals surface area contributed by atoms with Gasteiger partial charge in [-0.05, 0) is 28.8 Å². The third kappa shape index (κ3) is 3.94. The van der Waals surface area contributed by atoms with E-state index in [-0.39, 0.29) is 11.8 Å². The van der Waals surface area contributed by atoms with Crippen LogP contribution < -0.4 is 4.90 Å². The topological polar surface area (TPSA) is 36.4 Å². The number of carbonyl (C=O) groups excluding carboxylic acids is 1. The number of alkyl halides is 3. The molecule has 0 unspecified atom stereocenters. The molecule has 4 rings (SSSR count). The van der Waals surface area contributed by atoms with E-state index in [1.54, 1.807) is 4.90 Å². The molecule has 29 heavy (non-hydrogen) atoms. The summed E-state index contributed by atoms with van der Waals surface area (Å²) in [7, 11) is 0. The normalized spacial score (nSPS) is 14.5. The van der Waals surface area contributed by atoms with Crippen molar-refractivity contribution in [1.29, 1.82) is 0 Å². The van der Waals surface area contributed by atoms with Crippen LogP contribution in [0.3, 0.4) is 0 Å². The predicted octanol–water partition coefficient (Wildman–Crippen LogP) is 5.21. The average Bonchev–Trinajstić information content (AvgIpc) is 3.09. The van der Waals surface area contributed by atoms with Gasteiger partial charge in [-0.25, -0.2) is 9.78 Å². The summed E-state index contributed by atoms with van der Waals surface area (Å²) in [6, 6.07) is 19.7. The average molecular weight is 397 g/mol. The highest BCUT2D eigenvalue weighted by Gasteiger charge is 2.33. The van der Waals surface area contributed by atoms with Crippen molar-refractivity contribution in [3.8, 4) is 11.1 Å². The highest BCUT2D eigenvalue weighted by molar-refractivity contribution is 5.93. The molecular formula is C22H18F3N3O. The fraction of sp³-hybridized carbons (Fsp3) is 0.182. The molecule has 0 N–H and O–H groups in total. The Labute approximate surface area is 166 Å². The number of nitrogens with zero attached hydrogens (tertiary/aromatic N) is 3. The first kappa shape index (κ1) is 19.0. The second-order valence-corrected chi connectivity index (χ2v) is 6.78. The van der Waals surface area contributed by atoms with E-state index in [1.807, 2.05) is 54.6 Å². The molecule has 4 nitrogen and oxygen atoms in total. The predicted molar refractivity (Wildman–Crippen MR) is 104 cm³/mol. The third-order valence-corrected chi connectivity index (χ3v) is 4.91. The summed E-state index contributed by atoms with van der Waals surface area (Å²) >= 11 is 0. The lowest BCUT2D eigenvalue weighted by Gasteiger charge is -2.20. The molecule has 1 saturated heterocycles. The van der Waals surface area contributed by atoms with Gasteiger partial charge in [0.1, 0.15) is 5.82 Å². The van der Waals surface area contributed by atoms with Crippen molar-refractivity contribution in [2.24, 2.45) is 0 Å². The van der Waals surface area contributed by atoms with Gasteiger partial charge >= 0.3 is 12.2 Å². The van der Waals surface area contributed by atoms with Crippen molar-refractivity contribution in [3.63, 3.8) is 0 Å². The maximum atomic E-state index is 12.8. The van der Waals surface area contributed by atoms with Gasteiger partial charge in [0, 0.05) is 25.8 Å². The SMILES string of the molecule is O=C1N(Cc2ccccc2-c2ccccc2)CCN1c1ccc(C(F)(F)F)cn1. The van der Waals surface area contributed by atoms with Crippen LogP contribution in [0.2, 0.25) is 0 Å². The van der Waals surface area contributed by atoms with Crippen LogP contribution in [-0.4, -0.2) is 29.0 Å². The lowest BCUT2D eigenvalue weighted by Crippen LogP contribution is -2.32. The number of aromatic nitrogens is 1. The molecule has 0 saturated carbocycles. The quantitative estimate of drug-likeness (QED) is 0.606. The molecule has 1 aliphatic rings. The zero-order chi connectivity index (χ0) is 20.4. The minimum atomic E-state index is -4.45. The van der Waals surface area contributed by atoms with Gasteiger partial charge in [-0.2, -0.15) is 13.2 Å². The summed E-state index contributed by atoms with van der Waals surface area (Å²) in [6.45, 7) is 1.27. The highest BCUT2D eigenvalue weighted by atomic mass is 19.4. The molecule has 0 spiro atoms. The van der Waals surface area contributed by atoms with Crippen LogP contribution in [-0.2, 0) is 12.7 Å². The number of rotatable bonds is 4. The van der Waals surface area contributed by atoms with Crippen LogP contribution in [0.4, 0.5) is 23.8 Å². The van der Waals surface area contributed by atoms with E-state index in [9.17, 15) is 18.0 Å². The zero-order valence-electron chi connectivity index (χ0n) is 15.4. The Bertz CT molecular complexity index is 1000. The van der Waals surface area contributed by atoms with Gasteiger partial charge in [0.25, 0.3) is 0 Å². The number of halogens is 3. The molecule has 0 aliphatic carbocycles. The number of benzene rings is 2. The Morgan fingerprint density at radius 2 is 1.62 bits per heavy atom. The van der Waals surface area contributed by atoms with Gasteiger partial charge in [-0.1, -0.05) is 54.6 Å². The van der Waals surface area contributed by atoms with Gasteiger partial charge in [-0.3, -0.25) is 4.90 Å². The number of hydrogen-bond acceptors (Lipinski definition) is 2. The van der Waals surface area contributed by atoms with Crippen molar-refractivity contribution in [3.05, 3.63) is 84.1 Å². The molecule has 0 atom stereocenters. The van der Waals surface area contributed by atoms with Crippen molar-refractivity contribution in [2.45, 2.75) is 12.7 Å². The van der Waals surface area contributed by atoms with Gasteiger partial charge in [0.05, 0.1) is 5.56 Å². The highest BCUT2D eigenvalue weighted by Crippen LogP contribution is 2.30. The minimum Gasteiger partial charge on any atom is -0.318 e. The Morgan fingerprint density at radius 3 is 2.31 bits per heavy atom. The molecule has 2 amide bonds. The number of amides is 2. The molecule has 1 aromatic heterocycles. The van der Waals surface area contributed by atoms with Crippen LogP contribution >= 0.6 is 0 Å². The molecule has 2 aromatic carbocycles. The van der Waals surface area contributed by atoms with Gasteiger partial charge in [0.2, 0.25) is 0 Å². The molecule has 148 valence electrons. The largest absolute Gasteiger partial charge is 0.417 e. The number of hydrogen-bond donors (Lipinski definition) is 0. The Morgan fingerprint density at radius 1 is 0.897 bits per heavy atom. The fourth-order valence-electron chi connectivity index (χ4n) is 3.42. The lowest BCUT2D eigenvalue weighted by molar-refractivity contribution is -0.137. The van der Waals surface area contributed by atoms with Crippen molar-refractivity contribution in [1.82, 2.24) is 9.88 Å². The van der Waals surface area contributed by atoms with Gasteiger partial charge in [-0.15, -0.1) is 0 Å². The number of carbonyl (C=O) groups is 1. The van der Waals surface area contributed by atoms with E-state index in [4.69, 9.17) is 0 Å². The molecular weight excluding hydrogens is 379 g/mol. The standard InChI is InChI=1S/C22H18F3N3O/c23-22(24,25)18-10-11-20(26-14-18)28-13-12-27(21(28)29)15-17-8-4-5-9-19(17)16-6-2-1-3-7-16/h1-11,14H,12-13,15H2. The molecule has 2 heterocycles. The Hall–Kier alpha value is -3.35. The van der Waals surface area contributed by atoms with Gasteiger partial charge < -0.3 is 4.90 Å². The van der Waals surface area contributed by atoms with E-state index < -0.39 is 11.7 Å². The molecule has 7 heteroatoms. The van der Waals surface area contributed by atoms with Crippen molar-refractivity contribution >= 4 is 11.8 Å². The molecule has 1 aliphatic heterocycles. The first-order valence-electron chi connectivity index (χ1n) is 9.16. The lowest BCUT2D eigenvalue weighted by atomic mass is 9.99. The van der Waals surface area contributed by atoms with E-state index in [2.05, 4.69) is 4.98 Å². The van der Waals surface area contributed by atoms with Crippen LogP contribution in [0.5, 0.6) is 0 Å². The van der Waals surface area contributed by atoms with E-state index in [1.165, 1.54) is 11.0 Å². The molecule has 1 fully saturated rings. The maximum absolute atomic E-state index is 12.8. The summed E-state index contributed by atoms with van der Waals surface area (Å²) in [5.74, 6) is 0.224. The van der Waals surface area contributed by atoms with Crippen molar-refractivity contribution < 1.29 is 18.0 Å². The summed E-state index contributed by atoms with van der Waals surface area (Å²) in [5, 5.41) is 0. The number of anilines is 1. The monoisotopic (exact) mass is 397 g/mol. The molecule has 0 radical (unpaired) electrons. The second-order valence-electron chi connectivity index (χ2n) is 6.78. The Balaban J connectivity index is 1.52.